The summed E-state index contributed by atoms with van der Waals surface area (Å²) in [4.78, 5) is 50.3. The second-order valence-electron chi connectivity index (χ2n) is 13.5. The van der Waals surface area contributed by atoms with E-state index in [4.69, 9.17) is 19.9 Å². The lowest BCUT2D eigenvalue weighted by Crippen LogP contribution is -2.47. The van der Waals surface area contributed by atoms with E-state index in [1.807, 2.05) is 23.1 Å². The Balaban J connectivity index is 0.000000649. The summed E-state index contributed by atoms with van der Waals surface area (Å²) < 4.78 is 33.5. The van der Waals surface area contributed by atoms with Gasteiger partial charge in [0.15, 0.2) is 17.0 Å². The van der Waals surface area contributed by atoms with E-state index in [-0.39, 0.29) is 30.4 Å². The highest BCUT2D eigenvalue weighted by Crippen LogP contribution is 2.35. The first-order valence-corrected chi connectivity index (χ1v) is 17.8. The van der Waals surface area contributed by atoms with Crippen LogP contribution in [0.5, 0.6) is 0 Å². The summed E-state index contributed by atoms with van der Waals surface area (Å²) in [5, 5.41) is 47.1. The number of rotatable bonds is 9. The second kappa shape index (κ2) is 16.4. The number of benzene rings is 2. The summed E-state index contributed by atoms with van der Waals surface area (Å²) in [6.45, 7) is 5.11. The molecule has 6 atom stereocenters. The van der Waals surface area contributed by atoms with E-state index in [9.17, 15) is 33.0 Å². The molecule has 7 rings (SSSR count). The predicted molar refractivity (Wildman–Crippen MR) is 192 cm³/mol. The van der Waals surface area contributed by atoms with Gasteiger partial charge < -0.3 is 51.4 Å². The Morgan fingerprint density at radius 3 is 2.44 bits per heavy atom. The fourth-order valence-corrected chi connectivity index (χ4v) is 7.02. The van der Waals surface area contributed by atoms with Crippen LogP contribution >= 0.6 is 0 Å². The topological polar surface area (TPSA) is 219 Å². The summed E-state index contributed by atoms with van der Waals surface area (Å²) in [6, 6.07) is 13.2. The molecule has 2 aliphatic heterocycles. The Morgan fingerprint density at radius 2 is 1.72 bits per heavy atom. The lowest BCUT2D eigenvalue weighted by atomic mass is 10.0. The van der Waals surface area contributed by atoms with Gasteiger partial charge in [0.25, 0.3) is 0 Å². The number of nitrogens with one attached hydrogen (secondary N) is 5. The van der Waals surface area contributed by atoms with Crippen LogP contribution in [0.15, 0.2) is 48.8 Å². The minimum Gasteiger partial charge on any atom is -0.475 e. The number of amides is 3. The number of hydrogen-bond donors (Lipinski definition) is 8. The highest BCUT2D eigenvalue weighted by atomic mass is 19.4. The van der Waals surface area contributed by atoms with Crippen molar-refractivity contribution in [3.05, 3.63) is 54.4 Å². The molecule has 19 heteroatoms. The average Bonchev–Trinajstić information content (AvgIpc) is 3.97. The van der Waals surface area contributed by atoms with Gasteiger partial charge in [0.2, 0.25) is 11.9 Å². The van der Waals surface area contributed by atoms with Gasteiger partial charge in [-0.3, -0.25) is 4.79 Å². The van der Waals surface area contributed by atoms with Crippen LogP contribution < -0.4 is 31.5 Å². The number of anilines is 2. The molecule has 54 heavy (non-hydrogen) atoms. The maximum Gasteiger partial charge on any atom is 0.490 e. The fourth-order valence-electron chi connectivity index (χ4n) is 7.02. The summed E-state index contributed by atoms with van der Waals surface area (Å²) in [7, 11) is 0. The highest BCUT2D eigenvalue weighted by molar-refractivity contribution is 5.87. The van der Waals surface area contributed by atoms with E-state index in [0.29, 0.717) is 49.0 Å². The number of alkyl halides is 3. The lowest BCUT2D eigenvalue weighted by molar-refractivity contribution is -0.192. The van der Waals surface area contributed by atoms with Crippen molar-refractivity contribution in [3.63, 3.8) is 0 Å². The van der Waals surface area contributed by atoms with E-state index in [1.165, 1.54) is 0 Å². The van der Waals surface area contributed by atoms with E-state index >= 15 is 0 Å². The van der Waals surface area contributed by atoms with Gasteiger partial charge in [0.05, 0.1) is 18.4 Å². The van der Waals surface area contributed by atoms with Crippen molar-refractivity contribution < 1.29 is 42.9 Å². The zero-order valence-electron chi connectivity index (χ0n) is 29.4. The van der Waals surface area contributed by atoms with Gasteiger partial charge in [-0.05, 0) is 42.1 Å². The third kappa shape index (κ3) is 8.74. The Kier molecular flexibility index (Phi) is 11.7. The van der Waals surface area contributed by atoms with Crippen molar-refractivity contribution >= 4 is 51.6 Å². The van der Waals surface area contributed by atoms with Gasteiger partial charge in [-0.25, -0.2) is 14.6 Å². The van der Waals surface area contributed by atoms with Crippen LogP contribution in [-0.4, -0.2) is 115 Å². The van der Waals surface area contributed by atoms with Crippen molar-refractivity contribution in [3.8, 4) is 0 Å². The van der Waals surface area contributed by atoms with Crippen LogP contribution in [0.2, 0.25) is 0 Å². The molecule has 0 spiro atoms. The van der Waals surface area contributed by atoms with Crippen molar-refractivity contribution in [1.82, 2.24) is 40.8 Å². The van der Waals surface area contributed by atoms with E-state index < -0.39 is 36.4 Å². The number of urea groups is 1. The number of carboxylic acids is 1. The third-order valence-electron chi connectivity index (χ3n) is 9.86. The van der Waals surface area contributed by atoms with E-state index in [0.717, 1.165) is 42.3 Å². The molecule has 0 bridgehead atoms. The minimum absolute atomic E-state index is 0.0737. The number of imidazole rings is 1. The monoisotopic (exact) mass is 756 g/mol. The summed E-state index contributed by atoms with van der Waals surface area (Å²) in [5.74, 6) is -1.92. The summed E-state index contributed by atoms with van der Waals surface area (Å²) >= 11 is 0. The number of hydrogen-bond acceptors (Lipinski definition) is 11. The van der Waals surface area contributed by atoms with E-state index in [2.05, 4.69) is 55.8 Å². The molecule has 8 N–H and O–H groups in total. The quantitative estimate of drug-likeness (QED) is 0.123. The molecule has 16 nitrogen and oxygen atoms in total. The molecule has 290 valence electrons. The van der Waals surface area contributed by atoms with Gasteiger partial charge in [-0.15, -0.1) is 0 Å². The molecule has 3 fully saturated rings. The van der Waals surface area contributed by atoms with Gasteiger partial charge in [0, 0.05) is 44.7 Å². The van der Waals surface area contributed by atoms with Crippen molar-refractivity contribution in [2.75, 3.05) is 36.4 Å². The number of aliphatic carboxylic acids is 1. The summed E-state index contributed by atoms with van der Waals surface area (Å²) in [6.07, 6.45) is -3.47. The molecule has 0 radical (unpaired) electrons. The fraction of sp³-hybridized carbons (Fsp3) is 0.486. The van der Waals surface area contributed by atoms with E-state index in [1.54, 1.807) is 17.8 Å². The normalized spacial score (nSPS) is 23.9. The Hall–Kier alpha value is -5.27. The average molecular weight is 757 g/mol. The number of aromatic nitrogens is 4. The highest BCUT2D eigenvalue weighted by Gasteiger charge is 2.44. The van der Waals surface area contributed by atoms with Crippen LogP contribution in [0.4, 0.5) is 29.7 Å². The number of aliphatic hydroxyl groups excluding tert-OH is 2. The van der Waals surface area contributed by atoms with Crippen LogP contribution in [0.1, 0.15) is 44.2 Å². The van der Waals surface area contributed by atoms with Crippen molar-refractivity contribution in [1.29, 1.82) is 0 Å². The SMILES string of the molecule is CCC(=O)N[C@H]1C[C@@H](n2cnc3c(NCc4cccc5ccccc45)nc(N4CC[C@@H](NC(=O)N[C@@H]5CCNC5)C4)nc32)[C@H](O)[C@@H]1O.O=C(O)C(F)(F)F. The standard InChI is InChI=1S/C33H42N10O4.C2HF3O2/c1-2-26(44)39-24-14-25(29(46)28(24)45)43-18-36-27-30(35-15-20-8-5-7-19-6-3-4-9-23(19)20)40-32(41-31(27)43)42-13-11-22(17-42)38-33(47)37-21-10-12-34-16-21;3-2(4,5)1(6)7/h3-9,18,21-22,24-25,28-29,34,45-46H,2,10-17H2,1H3,(H,39,44)(H,35,40,41)(H2,37,38,47);(H,6,7)/t21-,22-,24+,25-,28-,29+;/m1./s1. The van der Waals surface area contributed by atoms with Gasteiger partial charge in [-0.1, -0.05) is 49.4 Å². The van der Waals surface area contributed by atoms with Gasteiger partial charge in [0.1, 0.15) is 12.2 Å². The number of carbonyl (C=O) groups is 3. The largest absolute Gasteiger partial charge is 0.490 e. The maximum atomic E-state index is 12.7. The van der Waals surface area contributed by atoms with Crippen molar-refractivity contribution in [2.45, 2.75) is 81.7 Å². The number of fused-ring (bicyclic) bond motifs is 2. The third-order valence-corrected chi connectivity index (χ3v) is 9.86. The van der Waals surface area contributed by atoms with Crippen LogP contribution in [0, 0.1) is 0 Å². The van der Waals surface area contributed by atoms with Crippen molar-refractivity contribution in [2.24, 2.45) is 0 Å². The first kappa shape index (κ1) is 38.5. The molecule has 2 saturated heterocycles. The molecular weight excluding hydrogens is 713 g/mol. The molecular formula is C35H43F3N10O6. The number of carboxylic acid groups (broad SMARTS) is 1. The van der Waals surface area contributed by atoms with Gasteiger partial charge in [-0.2, -0.15) is 23.1 Å². The maximum absolute atomic E-state index is 12.7. The Morgan fingerprint density at radius 1 is 0.981 bits per heavy atom. The summed E-state index contributed by atoms with van der Waals surface area (Å²) in [5.41, 5.74) is 2.15. The second-order valence-corrected chi connectivity index (χ2v) is 13.5. The van der Waals surface area contributed by atoms with Crippen LogP contribution in [0.25, 0.3) is 21.9 Å². The number of aliphatic hydroxyl groups is 2. The zero-order chi connectivity index (χ0) is 38.6. The molecule has 4 heterocycles. The predicted octanol–water partition coefficient (Wildman–Crippen LogP) is 2.03. The molecule has 4 aromatic rings. The van der Waals surface area contributed by atoms with Gasteiger partial charge >= 0.3 is 18.2 Å². The molecule has 2 aromatic heterocycles. The molecule has 0 unspecified atom stereocenters. The van der Waals surface area contributed by atoms with Crippen LogP contribution in [-0.2, 0) is 16.1 Å². The molecule has 1 aliphatic carbocycles. The number of halogens is 3. The lowest BCUT2D eigenvalue weighted by Gasteiger charge is -2.21. The Bertz CT molecular complexity index is 1970. The Labute approximate surface area is 307 Å². The smallest absolute Gasteiger partial charge is 0.475 e. The minimum atomic E-state index is -5.08. The zero-order valence-corrected chi connectivity index (χ0v) is 29.4. The molecule has 3 aliphatic rings. The van der Waals surface area contributed by atoms with Crippen LogP contribution in [0.3, 0.4) is 0 Å². The first-order chi connectivity index (χ1) is 25.8. The molecule has 2 aromatic carbocycles. The number of carbonyl (C=O) groups excluding carboxylic acids is 2. The first-order valence-electron chi connectivity index (χ1n) is 17.8. The molecule has 1 saturated carbocycles. The molecule has 3 amide bonds. The number of nitrogens with zero attached hydrogens (tertiary/aromatic N) is 5.